The topological polar surface area (TPSA) is 20.2 Å². The van der Waals surface area contributed by atoms with Crippen molar-refractivity contribution in [1.29, 1.82) is 0 Å². The van der Waals surface area contributed by atoms with E-state index in [1.807, 2.05) is 0 Å². The molecule has 0 fully saturated rings. The molecule has 0 saturated carbocycles. The predicted octanol–water partition coefficient (Wildman–Crippen LogP) is 3.03. The van der Waals surface area contributed by atoms with Crippen molar-refractivity contribution in [2.24, 2.45) is 0 Å². The summed E-state index contributed by atoms with van der Waals surface area (Å²) in [6.45, 7) is 0. The summed E-state index contributed by atoms with van der Waals surface area (Å²) in [6, 6.07) is 2.90. The molecule has 0 aliphatic heterocycles. The third-order valence-electron chi connectivity index (χ3n) is 1.64. The molecule has 0 saturated heterocycles. The summed E-state index contributed by atoms with van der Waals surface area (Å²) in [5.74, 6) is -0.279. The maximum Gasteiger partial charge on any atom is 0.142 e. The van der Waals surface area contributed by atoms with Crippen LogP contribution in [0, 0.1) is 5.82 Å². The number of rotatable bonds is 0. The molecule has 1 aromatic heterocycles. The Balaban J connectivity index is 2.97. The Hall–Kier alpha value is -0.740. The van der Waals surface area contributed by atoms with Crippen LogP contribution < -0.4 is 0 Å². The van der Waals surface area contributed by atoms with Crippen LogP contribution in [0.3, 0.4) is 0 Å². The molecule has 1 aromatic carbocycles. The normalized spacial score (nSPS) is 10.8. The lowest BCUT2D eigenvalue weighted by atomic mass is 10.2. The van der Waals surface area contributed by atoms with E-state index >= 15 is 0 Å². The number of thiol groups is 1. The molecular weight excluding hydrogens is 195 g/mol. The van der Waals surface area contributed by atoms with E-state index in [0.29, 0.717) is 10.1 Å². The number of phenolic OH excluding ortho intramolecular Hbond substituents is 1. The van der Waals surface area contributed by atoms with E-state index in [1.165, 1.54) is 17.4 Å². The minimum absolute atomic E-state index is 0.0518. The van der Waals surface area contributed by atoms with E-state index in [4.69, 9.17) is 0 Å². The van der Waals surface area contributed by atoms with Crippen LogP contribution in [0.15, 0.2) is 22.4 Å². The molecule has 0 atom stereocenters. The van der Waals surface area contributed by atoms with Gasteiger partial charge in [0.2, 0.25) is 0 Å². The summed E-state index contributed by atoms with van der Waals surface area (Å²) in [5.41, 5.74) is 0. The van der Waals surface area contributed by atoms with Gasteiger partial charge in [-0.1, -0.05) is 0 Å². The van der Waals surface area contributed by atoms with Gasteiger partial charge in [0.1, 0.15) is 11.6 Å². The second-order valence-corrected chi connectivity index (χ2v) is 3.79. The first-order valence-electron chi connectivity index (χ1n) is 3.28. The fraction of sp³-hybridized carbons (Fsp3) is 0. The predicted molar refractivity (Wildman–Crippen MR) is 50.7 cm³/mol. The van der Waals surface area contributed by atoms with Crippen molar-refractivity contribution >= 4 is 34.1 Å². The van der Waals surface area contributed by atoms with Crippen molar-refractivity contribution in [3.63, 3.8) is 0 Å². The number of aromatic hydroxyl groups is 1. The average molecular weight is 200 g/mol. The van der Waals surface area contributed by atoms with Crippen molar-refractivity contribution in [3.05, 3.63) is 23.3 Å². The van der Waals surface area contributed by atoms with E-state index in [-0.39, 0.29) is 16.5 Å². The van der Waals surface area contributed by atoms with Gasteiger partial charge in [-0.15, -0.1) is 24.0 Å². The molecule has 1 nitrogen and oxygen atoms in total. The lowest BCUT2D eigenvalue weighted by Gasteiger charge is -1.99. The molecule has 1 heterocycles. The highest BCUT2D eigenvalue weighted by Gasteiger charge is 2.09. The van der Waals surface area contributed by atoms with Gasteiger partial charge < -0.3 is 5.11 Å². The Bertz CT molecular complexity index is 436. The van der Waals surface area contributed by atoms with E-state index in [1.54, 1.807) is 11.4 Å². The van der Waals surface area contributed by atoms with Crippen LogP contribution in [0.4, 0.5) is 4.39 Å². The lowest BCUT2D eigenvalue weighted by molar-refractivity contribution is 0.467. The molecule has 4 heteroatoms. The number of hydrogen-bond donors (Lipinski definition) is 2. The highest BCUT2D eigenvalue weighted by atomic mass is 32.1. The molecule has 2 aromatic rings. The van der Waals surface area contributed by atoms with Crippen LogP contribution in [0.25, 0.3) is 10.1 Å². The summed E-state index contributed by atoms with van der Waals surface area (Å²) in [7, 11) is 0. The van der Waals surface area contributed by atoms with Crippen LogP contribution in [0.1, 0.15) is 0 Å². The molecule has 2 rings (SSSR count). The Kier molecular flexibility index (Phi) is 1.73. The van der Waals surface area contributed by atoms with E-state index in [9.17, 15) is 9.50 Å². The van der Waals surface area contributed by atoms with Gasteiger partial charge in [0, 0.05) is 10.3 Å². The molecule has 1 N–H and O–H groups in total. The summed E-state index contributed by atoms with van der Waals surface area (Å²) >= 11 is 5.20. The summed E-state index contributed by atoms with van der Waals surface area (Å²) < 4.78 is 13.6. The quantitative estimate of drug-likeness (QED) is 0.626. The molecular formula is C8H5FOS2. The summed E-state index contributed by atoms with van der Waals surface area (Å²) in [4.78, 5) is 0.276. The van der Waals surface area contributed by atoms with Crippen LogP contribution in [0.5, 0.6) is 5.75 Å². The van der Waals surface area contributed by atoms with Gasteiger partial charge in [-0.05, 0) is 17.5 Å². The first-order valence-corrected chi connectivity index (χ1v) is 4.60. The molecule has 62 valence electrons. The Morgan fingerprint density at radius 1 is 1.50 bits per heavy atom. The average Bonchev–Trinajstić information content (AvgIpc) is 2.48. The third kappa shape index (κ3) is 0.990. The van der Waals surface area contributed by atoms with E-state index in [0.717, 1.165) is 0 Å². The van der Waals surface area contributed by atoms with E-state index < -0.39 is 0 Å². The van der Waals surface area contributed by atoms with Crippen molar-refractivity contribution in [1.82, 2.24) is 0 Å². The second-order valence-electron chi connectivity index (χ2n) is 2.39. The van der Waals surface area contributed by atoms with Gasteiger partial charge in [0.05, 0.1) is 4.70 Å². The van der Waals surface area contributed by atoms with Crippen molar-refractivity contribution in [2.45, 2.75) is 4.90 Å². The summed E-state index contributed by atoms with van der Waals surface area (Å²) in [6.07, 6.45) is 0. The molecule has 0 amide bonds. The summed E-state index contributed by atoms with van der Waals surface area (Å²) in [5, 5.41) is 11.7. The van der Waals surface area contributed by atoms with Crippen LogP contribution in [0.2, 0.25) is 0 Å². The van der Waals surface area contributed by atoms with Crippen molar-refractivity contribution < 1.29 is 9.50 Å². The fourth-order valence-corrected chi connectivity index (χ4v) is 2.11. The van der Waals surface area contributed by atoms with Gasteiger partial charge in [-0.3, -0.25) is 0 Å². The molecule has 0 unspecified atom stereocenters. The van der Waals surface area contributed by atoms with Gasteiger partial charge in [-0.25, -0.2) is 4.39 Å². The Morgan fingerprint density at radius 2 is 2.25 bits per heavy atom. The van der Waals surface area contributed by atoms with Crippen LogP contribution in [-0.2, 0) is 0 Å². The van der Waals surface area contributed by atoms with Gasteiger partial charge in [0.15, 0.2) is 0 Å². The molecule has 0 bridgehead atoms. The SMILES string of the molecule is Oc1c(S)cc(F)c2sccc12. The maximum absolute atomic E-state index is 13.1. The number of halogens is 1. The first kappa shape index (κ1) is 7.89. The molecule has 0 radical (unpaired) electrons. The third-order valence-corrected chi connectivity index (χ3v) is 2.91. The van der Waals surface area contributed by atoms with Gasteiger partial charge in [0.25, 0.3) is 0 Å². The van der Waals surface area contributed by atoms with Crippen LogP contribution in [-0.4, -0.2) is 5.11 Å². The zero-order valence-corrected chi connectivity index (χ0v) is 7.62. The Morgan fingerprint density at radius 3 is 3.00 bits per heavy atom. The second kappa shape index (κ2) is 2.64. The van der Waals surface area contributed by atoms with Crippen molar-refractivity contribution in [2.75, 3.05) is 0 Å². The number of benzene rings is 1. The molecule has 12 heavy (non-hydrogen) atoms. The number of phenols is 1. The maximum atomic E-state index is 13.1. The monoisotopic (exact) mass is 200 g/mol. The number of hydrogen-bond acceptors (Lipinski definition) is 3. The first-order chi connectivity index (χ1) is 5.70. The lowest BCUT2D eigenvalue weighted by Crippen LogP contribution is -1.76. The zero-order chi connectivity index (χ0) is 8.72. The number of fused-ring (bicyclic) bond motifs is 1. The molecule has 0 spiro atoms. The fourth-order valence-electron chi connectivity index (χ4n) is 1.07. The standard InChI is InChI=1S/C8H5FOS2/c9-5-3-6(11)7(10)4-1-2-12-8(4)5/h1-3,10-11H. The van der Waals surface area contributed by atoms with Gasteiger partial charge >= 0.3 is 0 Å². The van der Waals surface area contributed by atoms with Gasteiger partial charge in [-0.2, -0.15) is 0 Å². The zero-order valence-electron chi connectivity index (χ0n) is 5.91. The van der Waals surface area contributed by atoms with Crippen molar-refractivity contribution in [3.8, 4) is 5.75 Å². The molecule has 0 aliphatic rings. The highest BCUT2D eigenvalue weighted by Crippen LogP contribution is 2.35. The number of thiophene rings is 1. The minimum Gasteiger partial charge on any atom is -0.506 e. The smallest absolute Gasteiger partial charge is 0.142 e. The Labute approximate surface area is 77.9 Å². The van der Waals surface area contributed by atoms with E-state index in [2.05, 4.69) is 12.6 Å². The highest BCUT2D eigenvalue weighted by molar-refractivity contribution is 7.80. The minimum atomic E-state index is -0.331. The largest absolute Gasteiger partial charge is 0.506 e. The molecule has 0 aliphatic carbocycles. The van der Waals surface area contributed by atoms with Crippen LogP contribution >= 0.6 is 24.0 Å².